The summed E-state index contributed by atoms with van der Waals surface area (Å²) in [7, 11) is 1.75. The lowest BCUT2D eigenvalue weighted by atomic mass is 10.2. The summed E-state index contributed by atoms with van der Waals surface area (Å²) in [6.45, 7) is 5.52. The van der Waals surface area contributed by atoms with Crippen molar-refractivity contribution in [3.8, 4) is 17.3 Å². The van der Waals surface area contributed by atoms with Crippen LogP contribution >= 0.6 is 24.0 Å². The number of ether oxygens (including phenoxy) is 2. The van der Waals surface area contributed by atoms with Crippen molar-refractivity contribution in [2.45, 2.75) is 26.9 Å². The van der Waals surface area contributed by atoms with Crippen molar-refractivity contribution < 1.29 is 9.47 Å². The summed E-state index contributed by atoms with van der Waals surface area (Å²) in [6, 6.07) is 12.0. The summed E-state index contributed by atoms with van der Waals surface area (Å²) in [5.41, 5.74) is 4.19. The monoisotopic (exact) mass is 520 g/mol. The zero-order valence-electron chi connectivity index (χ0n) is 17.2. The molecule has 2 N–H and O–H groups in total. The van der Waals surface area contributed by atoms with Gasteiger partial charge in [-0.2, -0.15) is 5.10 Å². The molecule has 1 aliphatic heterocycles. The van der Waals surface area contributed by atoms with Gasteiger partial charge in [0.1, 0.15) is 0 Å². The highest BCUT2D eigenvalue weighted by molar-refractivity contribution is 14.0. The highest BCUT2D eigenvalue weighted by atomic mass is 127. The van der Waals surface area contributed by atoms with Gasteiger partial charge in [0.15, 0.2) is 23.3 Å². The summed E-state index contributed by atoms with van der Waals surface area (Å²) in [4.78, 5) is 8.80. The molecule has 9 heteroatoms. The van der Waals surface area contributed by atoms with Gasteiger partial charge >= 0.3 is 0 Å². The normalized spacial score (nSPS) is 12.4. The predicted octanol–water partition coefficient (Wildman–Crippen LogP) is 3.10. The first kappa shape index (κ1) is 21.9. The molecule has 0 radical (unpaired) electrons. The molecule has 1 aliphatic rings. The lowest BCUT2D eigenvalue weighted by Crippen LogP contribution is -2.36. The number of benzene rings is 1. The van der Waals surface area contributed by atoms with Crippen LogP contribution in [0.1, 0.15) is 22.5 Å². The largest absolute Gasteiger partial charge is 0.454 e. The second kappa shape index (κ2) is 9.79. The van der Waals surface area contributed by atoms with E-state index >= 15 is 0 Å². The molecule has 1 aromatic carbocycles. The minimum Gasteiger partial charge on any atom is -0.454 e. The Morgan fingerprint density at radius 3 is 2.43 bits per heavy atom. The Balaban J connectivity index is 0.00000256. The maximum Gasteiger partial charge on any atom is 0.231 e. The fourth-order valence-electron chi connectivity index (χ4n) is 3.15. The van der Waals surface area contributed by atoms with Crippen LogP contribution in [-0.2, 0) is 13.1 Å². The Hall–Kier alpha value is -2.82. The van der Waals surface area contributed by atoms with Gasteiger partial charge < -0.3 is 20.1 Å². The van der Waals surface area contributed by atoms with Gasteiger partial charge in [0, 0.05) is 32.0 Å². The number of halogens is 1. The van der Waals surface area contributed by atoms with E-state index in [1.165, 1.54) is 0 Å². The van der Waals surface area contributed by atoms with Gasteiger partial charge in [0.2, 0.25) is 6.79 Å². The Morgan fingerprint density at radius 2 is 1.77 bits per heavy atom. The van der Waals surface area contributed by atoms with Crippen LogP contribution in [0.3, 0.4) is 0 Å². The molecule has 8 nitrogen and oxygen atoms in total. The Kier molecular flexibility index (Phi) is 7.14. The van der Waals surface area contributed by atoms with Crippen molar-refractivity contribution in [3.05, 3.63) is 65.1 Å². The Morgan fingerprint density at radius 1 is 1.03 bits per heavy atom. The quantitative estimate of drug-likeness (QED) is 0.306. The number of aromatic nitrogens is 3. The van der Waals surface area contributed by atoms with Crippen molar-refractivity contribution in [3.63, 3.8) is 0 Å². The number of fused-ring (bicyclic) bond motifs is 1. The first-order valence-corrected chi connectivity index (χ1v) is 9.44. The first-order valence-electron chi connectivity index (χ1n) is 9.44. The molecule has 0 atom stereocenters. The number of hydrogen-bond acceptors (Lipinski definition) is 5. The van der Waals surface area contributed by atoms with E-state index in [1.54, 1.807) is 7.05 Å². The van der Waals surface area contributed by atoms with Crippen LogP contribution in [0.2, 0.25) is 0 Å². The second-order valence-electron chi connectivity index (χ2n) is 6.83. The maximum atomic E-state index is 5.42. The van der Waals surface area contributed by atoms with Gasteiger partial charge in [-0.25, -0.2) is 9.67 Å². The highest BCUT2D eigenvalue weighted by Crippen LogP contribution is 2.32. The van der Waals surface area contributed by atoms with E-state index in [4.69, 9.17) is 9.47 Å². The minimum atomic E-state index is 0. The molecular formula is C21H25IN6O2. The molecule has 0 aliphatic carbocycles. The highest BCUT2D eigenvalue weighted by Gasteiger charge is 2.13. The van der Waals surface area contributed by atoms with Crippen LogP contribution in [0.4, 0.5) is 0 Å². The van der Waals surface area contributed by atoms with E-state index in [9.17, 15) is 0 Å². The summed E-state index contributed by atoms with van der Waals surface area (Å²) in [5, 5.41) is 11.1. The first-order chi connectivity index (χ1) is 14.1. The van der Waals surface area contributed by atoms with E-state index in [2.05, 4.69) is 25.7 Å². The van der Waals surface area contributed by atoms with Gasteiger partial charge in [-0.3, -0.25) is 4.99 Å². The number of aryl methyl sites for hydroxylation is 2. The van der Waals surface area contributed by atoms with Crippen LogP contribution in [-0.4, -0.2) is 34.6 Å². The average Bonchev–Trinajstić information content (AvgIpc) is 3.33. The number of hydrogen-bond donors (Lipinski definition) is 2. The van der Waals surface area contributed by atoms with Gasteiger partial charge in [-0.05, 0) is 49.2 Å². The third-order valence-electron chi connectivity index (χ3n) is 4.62. The fraction of sp³-hybridized carbons (Fsp3) is 0.286. The molecule has 0 amide bonds. The number of nitrogens with one attached hydrogen (secondary N) is 2. The molecule has 0 spiro atoms. The second-order valence-corrected chi connectivity index (χ2v) is 6.83. The summed E-state index contributed by atoms with van der Waals surface area (Å²) < 4.78 is 12.6. The van der Waals surface area contributed by atoms with E-state index < -0.39 is 0 Å². The van der Waals surface area contributed by atoms with Crippen molar-refractivity contribution in [2.75, 3.05) is 13.8 Å². The van der Waals surface area contributed by atoms with E-state index in [0.717, 1.165) is 39.8 Å². The van der Waals surface area contributed by atoms with Crippen molar-refractivity contribution in [1.29, 1.82) is 0 Å². The number of pyridine rings is 1. The topological polar surface area (TPSA) is 85.6 Å². The molecule has 0 bridgehead atoms. The number of guanidine groups is 1. The molecule has 0 saturated carbocycles. The molecule has 4 rings (SSSR count). The van der Waals surface area contributed by atoms with Crippen molar-refractivity contribution in [1.82, 2.24) is 25.4 Å². The van der Waals surface area contributed by atoms with E-state index in [1.807, 2.05) is 61.1 Å². The number of aliphatic imine (C=N–C) groups is 1. The van der Waals surface area contributed by atoms with Crippen LogP contribution in [0.15, 0.2) is 47.6 Å². The zero-order valence-corrected chi connectivity index (χ0v) is 19.5. The Bertz CT molecular complexity index is 1030. The SMILES string of the molecule is CN=C(NCc1ccc(-n2nc(C)cc2C)nc1)NCc1ccc2c(c1)OCO2.I. The van der Waals surface area contributed by atoms with Gasteiger partial charge in [-0.1, -0.05) is 12.1 Å². The molecule has 30 heavy (non-hydrogen) atoms. The smallest absolute Gasteiger partial charge is 0.231 e. The predicted molar refractivity (Wildman–Crippen MR) is 126 cm³/mol. The molecule has 3 aromatic rings. The molecule has 0 unspecified atom stereocenters. The van der Waals surface area contributed by atoms with Crippen molar-refractivity contribution >= 4 is 29.9 Å². The molecule has 158 valence electrons. The van der Waals surface area contributed by atoms with Gasteiger partial charge in [0.05, 0.1) is 5.69 Å². The van der Waals surface area contributed by atoms with E-state index in [0.29, 0.717) is 19.0 Å². The van der Waals surface area contributed by atoms with E-state index in [-0.39, 0.29) is 30.8 Å². The fourth-order valence-corrected chi connectivity index (χ4v) is 3.15. The van der Waals surface area contributed by atoms with Gasteiger partial charge in [-0.15, -0.1) is 24.0 Å². The lowest BCUT2D eigenvalue weighted by Gasteiger charge is -2.12. The van der Waals surface area contributed by atoms with Crippen LogP contribution < -0.4 is 20.1 Å². The summed E-state index contributed by atoms with van der Waals surface area (Å²) in [5.74, 6) is 3.09. The molecule has 0 saturated heterocycles. The number of rotatable bonds is 5. The lowest BCUT2D eigenvalue weighted by molar-refractivity contribution is 0.174. The Labute approximate surface area is 192 Å². The molecular weight excluding hydrogens is 495 g/mol. The zero-order chi connectivity index (χ0) is 20.2. The van der Waals surface area contributed by atoms with Gasteiger partial charge in [0.25, 0.3) is 0 Å². The number of nitrogens with zero attached hydrogens (tertiary/aromatic N) is 4. The third-order valence-corrected chi connectivity index (χ3v) is 4.62. The third kappa shape index (κ3) is 5.02. The van der Waals surface area contributed by atoms with Crippen LogP contribution in [0, 0.1) is 13.8 Å². The maximum absolute atomic E-state index is 5.42. The van der Waals surface area contributed by atoms with Crippen molar-refractivity contribution in [2.24, 2.45) is 4.99 Å². The minimum absolute atomic E-state index is 0. The van der Waals surface area contributed by atoms with Crippen LogP contribution in [0.25, 0.3) is 5.82 Å². The standard InChI is InChI=1S/C21H24N6O2.HI/c1-14-8-15(2)27(26-14)20-7-5-17(11-23-20)12-25-21(22-3)24-10-16-4-6-18-19(9-16)29-13-28-18;/h4-9,11H,10,12-13H2,1-3H3,(H2,22,24,25);1H. The summed E-state index contributed by atoms with van der Waals surface area (Å²) in [6.07, 6.45) is 1.85. The molecule has 2 aromatic heterocycles. The average molecular weight is 520 g/mol. The molecule has 3 heterocycles. The van der Waals surface area contributed by atoms with Crippen LogP contribution in [0.5, 0.6) is 11.5 Å². The molecule has 0 fully saturated rings. The summed E-state index contributed by atoms with van der Waals surface area (Å²) >= 11 is 0.